The van der Waals surface area contributed by atoms with Gasteiger partial charge in [-0.25, -0.2) is 4.98 Å². The molecule has 2 aromatic carbocycles. The van der Waals surface area contributed by atoms with Crippen LogP contribution in [0.1, 0.15) is 0 Å². The lowest BCUT2D eigenvalue weighted by Gasteiger charge is -2.06. The van der Waals surface area contributed by atoms with Gasteiger partial charge in [-0.3, -0.25) is 14.8 Å². The van der Waals surface area contributed by atoms with E-state index in [0.29, 0.717) is 11.4 Å². The first-order chi connectivity index (χ1) is 12.4. The fourth-order valence-corrected chi connectivity index (χ4v) is 3.03. The third-order valence-corrected chi connectivity index (χ3v) is 4.54. The Labute approximate surface area is 149 Å². The predicted molar refractivity (Wildman–Crippen MR) is 93.0 cm³/mol. The zero-order chi connectivity index (χ0) is 18.6. The van der Waals surface area contributed by atoms with Crippen LogP contribution in [0.4, 0.5) is 5.69 Å². The molecule has 134 valence electrons. The van der Waals surface area contributed by atoms with Gasteiger partial charge in [0, 0.05) is 17.7 Å². The number of nitro benzene ring substituents is 1. The van der Waals surface area contributed by atoms with Crippen molar-refractivity contribution in [3.8, 4) is 17.1 Å². The van der Waals surface area contributed by atoms with Gasteiger partial charge in [0.1, 0.15) is 17.8 Å². The quantitative estimate of drug-likeness (QED) is 0.354. The Bertz CT molecular complexity index is 1000. The van der Waals surface area contributed by atoms with E-state index in [-0.39, 0.29) is 23.7 Å². The number of hydrogen-bond donors (Lipinski definition) is 0. The van der Waals surface area contributed by atoms with Crippen LogP contribution in [0.25, 0.3) is 11.4 Å². The number of hydrogen-bond acceptors (Lipinski definition) is 7. The van der Waals surface area contributed by atoms with Gasteiger partial charge in [-0.1, -0.05) is 18.2 Å². The largest absolute Gasteiger partial charge is 0.382 e. The van der Waals surface area contributed by atoms with Crippen LogP contribution in [0, 0.1) is 10.1 Å². The van der Waals surface area contributed by atoms with Crippen LogP contribution in [-0.4, -0.2) is 33.9 Å². The van der Waals surface area contributed by atoms with Crippen LogP contribution < -0.4 is 4.18 Å². The first-order valence-electron chi connectivity index (χ1n) is 7.54. The molecule has 9 nitrogen and oxygen atoms in total. The normalized spacial score (nSPS) is 11.2. The molecule has 0 bridgehead atoms. The molecule has 3 rings (SSSR count). The van der Waals surface area contributed by atoms with Crippen molar-refractivity contribution >= 4 is 15.8 Å². The van der Waals surface area contributed by atoms with Crippen molar-refractivity contribution < 1.29 is 17.5 Å². The Kier molecular flexibility index (Phi) is 4.94. The SMILES string of the molecule is O=[N+]([O-])c1ccc(-c2ncn(CCS(=O)(=O)Oc3ccccc3)n2)cc1. The molecule has 0 saturated heterocycles. The van der Waals surface area contributed by atoms with Crippen molar-refractivity contribution in [2.75, 3.05) is 5.75 Å². The number of nitrogens with zero attached hydrogens (tertiary/aromatic N) is 4. The summed E-state index contributed by atoms with van der Waals surface area (Å²) in [6, 6.07) is 14.0. The minimum absolute atomic E-state index is 0.0302. The number of nitro groups is 1. The van der Waals surface area contributed by atoms with Gasteiger partial charge in [0.2, 0.25) is 0 Å². The standard InChI is InChI=1S/C16H14N4O5S/c21-20(22)14-8-6-13(7-9-14)16-17-12-19(18-16)10-11-26(23,24)25-15-4-2-1-3-5-15/h1-9,12H,10-11H2. The van der Waals surface area contributed by atoms with Crippen LogP contribution in [0.15, 0.2) is 60.9 Å². The van der Waals surface area contributed by atoms with Crippen molar-refractivity contribution in [2.45, 2.75) is 6.54 Å². The van der Waals surface area contributed by atoms with Gasteiger partial charge in [-0.05, 0) is 24.3 Å². The topological polar surface area (TPSA) is 117 Å². The minimum Gasteiger partial charge on any atom is -0.382 e. The summed E-state index contributed by atoms with van der Waals surface area (Å²) in [6.07, 6.45) is 1.40. The Morgan fingerprint density at radius 1 is 1.08 bits per heavy atom. The van der Waals surface area contributed by atoms with E-state index in [4.69, 9.17) is 4.18 Å². The number of aromatic nitrogens is 3. The van der Waals surface area contributed by atoms with E-state index >= 15 is 0 Å². The molecule has 1 heterocycles. The highest BCUT2D eigenvalue weighted by molar-refractivity contribution is 7.87. The van der Waals surface area contributed by atoms with Crippen molar-refractivity contribution in [3.05, 3.63) is 71.0 Å². The Balaban J connectivity index is 1.64. The van der Waals surface area contributed by atoms with E-state index in [1.807, 2.05) is 0 Å². The summed E-state index contributed by atoms with van der Waals surface area (Å²) < 4.78 is 30.4. The molecule has 0 amide bonds. The highest BCUT2D eigenvalue weighted by atomic mass is 32.2. The second-order valence-electron chi connectivity index (χ2n) is 5.29. The van der Waals surface area contributed by atoms with Gasteiger partial charge in [-0.2, -0.15) is 13.5 Å². The monoisotopic (exact) mass is 374 g/mol. The van der Waals surface area contributed by atoms with Gasteiger partial charge in [0.15, 0.2) is 5.82 Å². The molecule has 0 radical (unpaired) electrons. The summed E-state index contributed by atoms with van der Waals surface area (Å²) in [5.41, 5.74) is 0.565. The molecule has 0 saturated carbocycles. The second kappa shape index (κ2) is 7.31. The van der Waals surface area contributed by atoms with Crippen molar-refractivity contribution in [1.82, 2.24) is 14.8 Å². The third-order valence-electron chi connectivity index (χ3n) is 3.41. The number of para-hydroxylation sites is 1. The molecule has 0 unspecified atom stereocenters. The molecule has 0 aliphatic rings. The average molecular weight is 374 g/mol. The van der Waals surface area contributed by atoms with Gasteiger partial charge in [0.25, 0.3) is 5.69 Å². The molecule has 0 N–H and O–H groups in total. The van der Waals surface area contributed by atoms with E-state index in [9.17, 15) is 18.5 Å². The number of benzene rings is 2. The maximum Gasteiger partial charge on any atom is 0.311 e. The maximum atomic E-state index is 12.0. The van der Waals surface area contributed by atoms with Crippen molar-refractivity contribution in [3.63, 3.8) is 0 Å². The zero-order valence-corrected chi connectivity index (χ0v) is 14.2. The molecule has 26 heavy (non-hydrogen) atoms. The van der Waals surface area contributed by atoms with Crippen molar-refractivity contribution in [2.24, 2.45) is 0 Å². The number of aryl methyl sites for hydroxylation is 1. The van der Waals surface area contributed by atoms with E-state index < -0.39 is 15.0 Å². The minimum atomic E-state index is -3.77. The molecular formula is C16H14N4O5S. The van der Waals surface area contributed by atoms with Gasteiger partial charge < -0.3 is 4.18 Å². The smallest absolute Gasteiger partial charge is 0.311 e. The molecule has 0 spiro atoms. The molecule has 3 aromatic rings. The fourth-order valence-electron chi connectivity index (χ4n) is 2.14. The summed E-state index contributed by atoms with van der Waals surface area (Å²) >= 11 is 0. The molecule has 0 aliphatic carbocycles. The maximum absolute atomic E-state index is 12.0. The van der Waals surface area contributed by atoms with Gasteiger partial charge in [0.05, 0.1) is 11.5 Å². The lowest BCUT2D eigenvalue weighted by molar-refractivity contribution is -0.384. The first kappa shape index (κ1) is 17.5. The van der Waals surface area contributed by atoms with Crippen LogP contribution in [-0.2, 0) is 16.7 Å². The lowest BCUT2D eigenvalue weighted by Crippen LogP contribution is -2.18. The summed E-state index contributed by atoms with van der Waals surface area (Å²) in [7, 11) is -3.77. The predicted octanol–water partition coefficient (Wildman–Crippen LogP) is 2.26. The number of rotatable bonds is 7. The lowest BCUT2D eigenvalue weighted by atomic mass is 10.2. The van der Waals surface area contributed by atoms with Gasteiger partial charge in [-0.15, -0.1) is 0 Å². The zero-order valence-electron chi connectivity index (χ0n) is 13.4. The van der Waals surface area contributed by atoms with Gasteiger partial charge >= 0.3 is 10.1 Å². The highest BCUT2D eigenvalue weighted by Gasteiger charge is 2.14. The van der Waals surface area contributed by atoms with E-state index in [2.05, 4.69) is 10.1 Å². The Hall–Kier alpha value is -3.27. The molecule has 10 heteroatoms. The van der Waals surface area contributed by atoms with E-state index in [0.717, 1.165) is 0 Å². The van der Waals surface area contributed by atoms with Crippen LogP contribution in [0.2, 0.25) is 0 Å². The van der Waals surface area contributed by atoms with Crippen LogP contribution in [0.3, 0.4) is 0 Å². The first-order valence-corrected chi connectivity index (χ1v) is 9.12. The molecule has 0 aliphatic heterocycles. The number of non-ortho nitro benzene ring substituents is 1. The Morgan fingerprint density at radius 2 is 1.77 bits per heavy atom. The second-order valence-corrected chi connectivity index (χ2v) is 6.98. The van der Waals surface area contributed by atoms with Crippen molar-refractivity contribution in [1.29, 1.82) is 0 Å². The Morgan fingerprint density at radius 3 is 2.42 bits per heavy atom. The molecule has 0 atom stereocenters. The van der Waals surface area contributed by atoms with E-state index in [1.165, 1.54) is 35.3 Å². The summed E-state index contributed by atoms with van der Waals surface area (Å²) in [6.45, 7) is 0.0646. The highest BCUT2D eigenvalue weighted by Crippen LogP contribution is 2.19. The van der Waals surface area contributed by atoms with E-state index in [1.54, 1.807) is 30.3 Å². The van der Waals surface area contributed by atoms with Crippen LogP contribution >= 0.6 is 0 Å². The molecular weight excluding hydrogens is 360 g/mol. The fraction of sp³-hybridized carbons (Fsp3) is 0.125. The van der Waals surface area contributed by atoms with Crippen LogP contribution in [0.5, 0.6) is 5.75 Å². The average Bonchev–Trinajstić information content (AvgIpc) is 3.10. The summed E-state index contributed by atoms with van der Waals surface area (Å²) in [5.74, 6) is 0.323. The summed E-state index contributed by atoms with van der Waals surface area (Å²) in [5, 5.41) is 14.8. The molecule has 0 fully saturated rings. The third kappa shape index (κ3) is 4.42. The summed E-state index contributed by atoms with van der Waals surface area (Å²) in [4.78, 5) is 14.3. The molecule has 1 aromatic heterocycles.